The van der Waals surface area contributed by atoms with Crippen LogP contribution in [0.5, 0.6) is 0 Å². The van der Waals surface area contributed by atoms with Crippen molar-refractivity contribution in [2.24, 2.45) is 4.99 Å². The maximum absolute atomic E-state index is 5.40. The van der Waals surface area contributed by atoms with Crippen molar-refractivity contribution in [1.29, 1.82) is 0 Å². The lowest BCUT2D eigenvalue weighted by atomic mass is 10.2. The van der Waals surface area contributed by atoms with Gasteiger partial charge in [-0.25, -0.2) is 4.99 Å². The van der Waals surface area contributed by atoms with Crippen molar-refractivity contribution in [2.45, 2.75) is 26.4 Å². The minimum atomic E-state index is 0.476. The molecule has 0 saturated carbocycles. The lowest BCUT2D eigenvalue weighted by Gasteiger charge is -2.32. The van der Waals surface area contributed by atoms with E-state index in [4.69, 9.17) is 4.74 Å². The standard InChI is InChI=1S/C15H25BrN4OS/c1-3-17-15(19-10-14-8-13(16)11-22-14)18-9-12(2)20-4-6-21-7-5-20/h8,11-12H,3-7,9-10H2,1-2H3,(H2,17,18,19). The van der Waals surface area contributed by atoms with Crippen LogP contribution in [0.15, 0.2) is 20.9 Å². The van der Waals surface area contributed by atoms with Crippen LogP contribution in [0.25, 0.3) is 0 Å². The lowest BCUT2D eigenvalue weighted by molar-refractivity contribution is 0.0211. The molecule has 0 spiro atoms. The second-order valence-electron chi connectivity index (χ2n) is 5.30. The highest BCUT2D eigenvalue weighted by atomic mass is 79.9. The third-order valence-electron chi connectivity index (χ3n) is 3.59. The Hall–Kier alpha value is -0.630. The summed E-state index contributed by atoms with van der Waals surface area (Å²) >= 11 is 5.20. The van der Waals surface area contributed by atoms with E-state index in [2.05, 4.69) is 61.7 Å². The molecule has 2 rings (SSSR count). The number of hydrogen-bond acceptors (Lipinski definition) is 4. The van der Waals surface area contributed by atoms with Crippen molar-refractivity contribution in [3.05, 3.63) is 20.8 Å². The summed E-state index contributed by atoms with van der Waals surface area (Å²) in [6.07, 6.45) is 0. The molecular formula is C15H25BrN4OS. The smallest absolute Gasteiger partial charge is 0.191 e. The summed E-state index contributed by atoms with van der Waals surface area (Å²) < 4.78 is 6.53. The highest BCUT2D eigenvalue weighted by Crippen LogP contribution is 2.20. The van der Waals surface area contributed by atoms with Gasteiger partial charge in [0.05, 0.1) is 19.8 Å². The van der Waals surface area contributed by atoms with Gasteiger partial charge in [0.15, 0.2) is 5.96 Å². The van der Waals surface area contributed by atoms with Gasteiger partial charge in [0.1, 0.15) is 0 Å². The van der Waals surface area contributed by atoms with Crippen LogP contribution in [-0.4, -0.2) is 56.3 Å². The average molecular weight is 389 g/mol. The first kappa shape index (κ1) is 17.7. The molecule has 1 atom stereocenters. The van der Waals surface area contributed by atoms with Crippen molar-refractivity contribution in [3.63, 3.8) is 0 Å². The van der Waals surface area contributed by atoms with Crippen LogP contribution >= 0.6 is 27.3 Å². The monoisotopic (exact) mass is 388 g/mol. The van der Waals surface area contributed by atoms with Gasteiger partial charge in [-0.05, 0) is 35.8 Å². The van der Waals surface area contributed by atoms with Gasteiger partial charge in [0.2, 0.25) is 0 Å². The normalized spacial score (nSPS) is 18.2. The molecule has 2 heterocycles. The summed E-state index contributed by atoms with van der Waals surface area (Å²) in [7, 11) is 0. The van der Waals surface area contributed by atoms with Crippen LogP contribution in [0.3, 0.4) is 0 Å². The first-order chi connectivity index (χ1) is 10.7. The molecule has 1 aliphatic heterocycles. The SMILES string of the molecule is CCNC(=NCc1cc(Br)cs1)NCC(C)N1CCOCC1. The van der Waals surface area contributed by atoms with Gasteiger partial charge in [-0.15, -0.1) is 11.3 Å². The van der Waals surface area contributed by atoms with Gasteiger partial charge in [-0.3, -0.25) is 4.90 Å². The molecule has 5 nitrogen and oxygen atoms in total. The van der Waals surface area contributed by atoms with Gasteiger partial charge in [0, 0.05) is 47.0 Å². The largest absolute Gasteiger partial charge is 0.379 e. The molecule has 1 saturated heterocycles. The zero-order chi connectivity index (χ0) is 15.8. The predicted octanol–water partition coefficient (Wildman–Crippen LogP) is 2.29. The quantitative estimate of drug-likeness (QED) is 0.579. The summed E-state index contributed by atoms with van der Waals surface area (Å²) in [5.41, 5.74) is 0. The van der Waals surface area contributed by atoms with Gasteiger partial charge >= 0.3 is 0 Å². The molecule has 0 bridgehead atoms. The van der Waals surface area contributed by atoms with Crippen molar-refractivity contribution < 1.29 is 4.74 Å². The minimum absolute atomic E-state index is 0.476. The zero-order valence-corrected chi connectivity index (χ0v) is 15.7. The summed E-state index contributed by atoms with van der Waals surface area (Å²) in [5, 5.41) is 8.84. The fourth-order valence-corrected chi connectivity index (χ4v) is 3.70. The van der Waals surface area contributed by atoms with Gasteiger partial charge in [0.25, 0.3) is 0 Å². The van der Waals surface area contributed by atoms with Crippen LogP contribution in [0.2, 0.25) is 0 Å². The van der Waals surface area contributed by atoms with E-state index in [1.807, 2.05) is 0 Å². The second-order valence-corrected chi connectivity index (χ2v) is 7.22. The maximum atomic E-state index is 5.40. The van der Waals surface area contributed by atoms with Crippen LogP contribution in [0.4, 0.5) is 0 Å². The molecule has 1 aromatic heterocycles. The van der Waals surface area contributed by atoms with Crippen LogP contribution < -0.4 is 10.6 Å². The van der Waals surface area contributed by atoms with E-state index in [0.29, 0.717) is 12.6 Å². The average Bonchev–Trinajstić information content (AvgIpc) is 2.96. The fraction of sp³-hybridized carbons (Fsp3) is 0.667. The number of rotatable bonds is 6. The number of morpholine rings is 1. The van der Waals surface area contributed by atoms with E-state index in [0.717, 1.165) is 49.8 Å². The highest BCUT2D eigenvalue weighted by Gasteiger charge is 2.16. The number of thiophene rings is 1. The lowest BCUT2D eigenvalue weighted by Crippen LogP contribution is -2.49. The Bertz CT molecular complexity index is 474. The van der Waals surface area contributed by atoms with E-state index in [1.165, 1.54) is 4.88 Å². The molecule has 1 aliphatic rings. The molecular weight excluding hydrogens is 364 g/mol. The summed E-state index contributed by atoms with van der Waals surface area (Å²) in [5.74, 6) is 0.882. The Balaban J connectivity index is 1.82. The predicted molar refractivity (Wildman–Crippen MR) is 96.7 cm³/mol. The Morgan fingerprint density at radius 2 is 2.23 bits per heavy atom. The Labute approximate surface area is 145 Å². The summed E-state index contributed by atoms with van der Waals surface area (Å²) in [4.78, 5) is 8.36. The first-order valence-electron chi connectivity index (χ1n) is 7.76. The van der Waals surface area contributed by atoms with Crippen molar-refractivity contribution in [1.82, 2.24) is 15.5 Å². The molecule has 0 aliphatic carbocycles. The molecule has 2 N–H and O–H groups in total. The molecule has 0 radical (unpaired) electrons. The van der Waals surface area contributed by atoms with E-state index in [9.17, 15) is 0 Å². The van der Waals surface area contributed by atoms with E-state index >= 15 is 0 Å². The fourth-order valence-electron chi connectivity index (χ4n) is 2.33. The number of ether oxygens (including phenoxy) is 1. The molecule has 0 amide bonds. The number of halogens is 1. The number of guanidine groups is 1. The second kappa shape index (κ2) is 9.50. The highest BCUT2D eigenvalue weighted by molar-refractivity contribution is 9.10. The first-order valence-corrected chi connectivity index (χ1v) is 9.43. The zero-order valence-electron chi connectivity index (χ0n) is 13.3. The van der Waals surface area contributed by atoms with Gasteiger partial charge in [-0.2, -0.15) is 0 Å². The Morgan fingerprint density at radius 1 is 1.45 bits per heavy atom. The van der Waals surface area contributed by atoms with Crippen LogP contribution in [0, 0.1) is 0 Å². The molecule has 1 fully saturated rings. The Kier molecular flexibility index (Phi) is 7.65. The minimum Gasteiger partial charge on any atom is -0.379 e. The number of nitrogens with one attached hydrogen (secondary N) is 2. The van der Waals surface area contributed by atoms with Crippen molar-refractivity contribution in [3.8, 4) is 0 Å². The Morgan fingerprint density at radius 3 is 2.86 bits per heavy atom. The maximum Gasteiger partial charge on any atom is 0.191 e. The van der Waals surface area contributed by atoms with Crippen LogP contribution in [-0.2, 0) is 11.3 Å². The number of hydrogen-bond donors (Lipinski definition) is 2. The van der Waals surface area contributed by atoms with E-state index in [1.54, 1.807) is 11.3 Å². The van der Waals surface area contributed by atoms with Crippen LogP contribution in [0.1, 0.15) is 18.7 Å². The third-order valence-corrected chi connectivity index (χ3v) is 5.28. The number of aliphatic imine (C=N–C) groups is 1. The topological polar surface area (TPSA) is 48.9 Å². The van der Waals surface area contributed by atoms with Crippen molar-refractivity contribution >= 4 is 33.2 Å². The number of nitrogens with zero attached hydrogens (tertiary/aromatic N) is 2. The summed E-state index contributed by atoms with van der Waals surface area (Å²) in [6.45, 7) is 10.5. The molecule has 1 aromatic rings. The molecule has 0 aromatic carbocycles. The molecule has 1 unspecified atom stereocenters. The molecule has 124 valence electrons. The van der Waals surface area contributed by atoms with Gasteiger partial charge in [-0.1, -0.05) is 0 Å². The van der Waals surface area contributed by atoms with Crippen molar-refractivity contribution in [2.75, 3.05) is 39.4 Å². The third kappa shape index (κ3) is 5.87. The van der Waals surface area contributed by atoms with E-state index < -0.39 is 0 Å². The molecule has 7 heteroatoms. The van der Waals surface area contributed by atoms with E-state index in [-0.39, 0.29) is 0 Å². The summed E-state index contributed by atoms with van der Waals surface area (Å²) in [6, 6.07) is 2.59. The molecule has 22 heavy (non-hydrogen) atoms. The van der Waals surface area contributed by atoms with Gasteiger partial charge < -0.3 is 15.4 Å².